The molecule has 1 unspecified atom stereocenters. The van der Waals surface area contributed by atoms with E-state index in [9.17, 15) is 22.8 Å². The van der Waals surface area contributed by atoms with Crippen molar-refractivity contribution in [3.63, 3.8) is 0 Å². The molecule has 26 heavy (non-hydrogen) atoms. The number of amides is 2. The average molecular weight is 370 g/mol. The van der Waals surface area contributed by atoms with Crippen molar-refractivity contribution < 1.29 is 27.5 Å². The van der Waals surface area contributed by atoms with Crippen molar-refractivity contribution in [2.24, 2.45) is 5.10 Å². The molecule has 0 aromatic heterocycles. The van der Waals surface area contributed by atoms with Gasteiger partial charge in [0.15, 0.2) is 0 Å². The van der Waals surface area contributed by atoms with E-state index in [1.807, 2.05) is 0 Å². The van der Waals surface area contributed by atoms with Crippen LogP contribution in [-0.4, -0.2) is 44.0 Å². The lowest BCUT2D eigenvalue weighted by Gasteiger charge is -2.29. The number of cyclic esters (lactones) is 1. The van der Waals surface area contributed by atoms with Gasteiger partial charge in [-0.25, -0.2) is 10.2 Å². The lowest BCUT2D eigenvalue weighted by atomic mass is 10.0. The fourth-order valence-corrected chi connectivity index (χ4v) is 3.15. The standard InChI is InChI=1S/C16H17F3N4O3/c1-20-14(24)13-3-2-6-23(13)12-5-4-9(7-10(12)16(17,18)19)11-8-26-15(25)22-21-11/h4-5,7,13H,2-3,6,8H2,1H3,(H,20,24)(H,22,25). The van der Waals surface area contributed by atoms with Crippen molar-refractivity contribution in [3.8, 4) is 0 Å². The number of alkyl halides is 3. The topological polar surface area (TPSA) is 83.0 Å². The Kier molecular flexibility index (Phi) is 4.75. The zero-order valence-corrected chi connectivity index (χ0v) is 13.9. The molecule has 1 aromatic carbocycles. The Hall–Kier alpha value is -2.78. The summed E-state index contributed by atoms with van der Waals surface area (Å²) in [6.07, 6.45) is -4.25. The highest BCUT2D eigenvalue weighted by Crippen LogP contribution is 2.39. The second-order valence-electron chi connectivity index (χ2n) is 5.94. The summed E-state index contributed by atoms with van der Waals surface area (Å²) in [4.78, 5) is 24.4. The maximum Gasteiger partial charge on any atom is 0.428 e. The molecule has 2 N–H and O–H groups in total. The van der Waals surface area contributed by atoms with Gasteiger partial charge in [0.05, 0.1) is 5.56 Å². The molecule has 2 aliphatic heterocycles. The molecule has 1 saturated heterocycles. The van der Waals surface area contributed by atoms with Crippen LogP contribution < -0.4 is 15.6 Å². The molecule has 2 amide bonds. The summed E-state index contributed by atoms with van der Waals surface area (Å²) in [5, 5.41) is 6.23. The van der Waals surface area contributed by atoms with Crippen molar-refractivity contribution in [2.45, 2.75) is 25.1 Å². The number of rotatable bonds is 3. The zero-order valence-electron chi connectivity index (χ0n) is 13.9. The summed E-state index contributed by atoms with van der Waals surface area (Å²) >= 11 is 0. The number of halogens is 3. The van der Waals surface area contributed by atoms with Crippen LogP contribution in [0.3, 0.4) is 0 Å². The van der Waals surface area contributed by atoms with Crippen molar-refractivity contribution in [3.05, 3.63) is 29.3 Å². The number of hydrogen-bond acceptors (Lipinski definition) is 5. The molecule has 7 nitrogen and oxygen atoms in total. The van der Waals surface area contributed by atoms with Crippen LogP contribution >= 0.6 is 0 Å². The second-order valence-corrected chi connectivity index (χ2v) is 5.94. The van der Waals surface area contributed by atoms with Crippen molar-refractivity contribution in [1.29, 1.82) is 0 Å². The van der Waals surface area contributed by atoms with Crippen LogP contribution in [0.25, 0.3) is 0 Å². The number of hydrogen-bond donors (Lipinski definition) is 2. The van der Waals surface area contributed by atoms with E-state index in [0.29, 0.717) is 19.4 Å². The van der Waals surface area contributed by atoms with Crippen LogP contribution in [0.15, 0.2) is 23.3 Å². The molecular formula is C16H17F3N4O3. The Balaban J connectivity index is 2.01. The minimum atomic E-state index is -4.61. The van der Waals surface area contributed by atoms with Gasteiger partial charge in [0.2, 0.25) is 5.91 Å². The molecule has 1 fully saturated rings. The van der Waals surface area contributed by atoms with Gasteiger partial charge in [-0.1, -0.05) is 6.07 Å². The van der Waals surface area contributed by atoms with E-state index in [1.165, 1.54) is 24.1 Å². The molecule has 140 valence electrons. The van der Waals surface area contributed by atoms with Crippen LogP contribution in [0, 0.1) is 0 Å². The molecule has 1 aromatic rings. The number of nitrogens with one attached hydrogen (secondary N) is 2. The molecule has 2 aliphatic rings. The number of nitrogens with zero attached hydrogens (tertiary/aromatic N) is 2. The first-order valence-corrected chi connectivity index (χ1v) is 8.00. The van der Waals surface area contributed by atoms with Gasteiger partial charge in [-0.05, 0) is 25.0 Å². The van der Waals surface area contributed by atoms with Gasteiger partial charge >= 0.3 is 12.3 Å². The van der Waals surface area contributed by atoms with Gasteiger partial charge < -0.3 is 15.0 Å². The molecule has 0 saturated carbocycles. The molecule has 0 bridgehead atoms. The zero-order chi connectivity index (χ0) is 18.9. The number of carbonyl (C=O) groups excluding carboxylic acids is 2. The number of anilines is 1. The summed E-state index contributed by atoms with van der Waals surface area (Å²) in [5.74, 6) is -0.313. The number of likely N-dealkylation sites (N-methyl/N-ethyl adjacent to an activating group) is 1. The first-order valence-electron chi connectivity index (χ1n) is 8.00. The molecule has 0 spiro atoms. The summed E-state index contributed by atoms with van der Waals surface area (Å²) < 4.78 is 45.7. The first-order chi connectivity index (χ1) is 12.3. The maximum absolute atomic E-state index is 13.7. The van der Waals surface area contributed by atoms with Crippen molar-refractivity contribution in [1.82, 2.24) is 10.7 Å². The Morgan fingerprint density at radius 2 is 2.19 bits per heavy atom. The number of hydrazone groups is 1. The molecular weight excluding hydrogens is 353 g/mol. The van der Waals surface area contributed by atoms with Crippen LogP contribution in [0.5, 0.6) is 0 Å². The van der Waals surface area contributed by atoms with E-state index in [0.717, 1.165) is 6.07 Å². The molecule has 0 aliphatic carbocycles. The third kappa shape index (κ3) is 3.44. The first kappa shape index (κ1) is 18.0. The minimum absolute atomic E-state index is 0.0475. The van der Waals surface area contributed by atoms with E-state index < -0.39 is 23.9 Å². The highest BCUT2D eigenvalue weighted by Gasteiger charge is 2.39. The third-order valence-electron chi connectivity index (χ3n) is 4.37. The van der Waals surface area contributed by atoms with E-state index >= 15 is 0 Å². The van der Waals surface area contributed by atoms with Crippen LogP contribution in [0.1, 0.15) is 24.0 Å². The number of carbonyl (C=O) groups is 2. The Morgan fingerprint density at radius 1 is 1.42 bits per heavy atom. The minimum Gasteiger partial charge on any atom is -0.442 e. The predicted molar refractivity (Wildman–Crippen MR) is 86.9 cm³/mol. The van der Waals surface area contributed by atoms with Crippen LogP contribution in [-0.2, 0) is 15.7 Å². The van der Waals surface area contributed by atoms with Crippen molar-refractivity contribution in [2.75, 3.05) is 25.1 Å². The average Bonchev–Trinajstić information content (AvgIpc) is 3.10. The molecule has 3 rings (SSSR count). The highest BCUT2D eigenvalue weighted by atomic mass is 19.4. The predicted octanol–water partition coefficient (Wildman–Crippen LogP) is 1.86. The number of ether oxygens (including phenoxy) is 1. The second kappa shape index (κ2) is 6.85. The van der Waals surface area contributed by atoms with Gasteiger partial charge in [0.1, 0.15) is 18.4 Å². The Labute approximate surface area is 147 Å². The Morgan fingerprint density at radius 3 is 2.81 bits per heavy atom. The third-order valence-corrected chi connectivity index (χ3v) is 4.37. The summed E-state index contributed by atoms with van der Waals surface area (Å²) in [7, 11) is 1.46. The van der Waals surface area contributed by atoms with E-state index in [2.05, 4.69) is 15.8 Å². The summed E-state index contributed by atoms with van der Waals surface area (Å²) in [5.41, 5.74) is 1.54. The molecule has 2 heterocycles. The van der Waals surface area contributed by atoms with Gasteiger partial charge in [-0.3, -0.25) is 4.79 Å². The number of benzene rings is 1. The van der Waals surface area contributed by atoms with E-state index in [4.69, 9.17) is 4.74 Å². The largest absolute Gasteiger partial charge is 0.442 e. The van der Waals surface area contributed by atoms with Crippen LogP contribution in [0.4, 0.5) is 23.7 Å². The maximum atomic E-state index is 13.7. The SMILES string of the molecule is CNC(=O)C1CCCN1c1ccc(C2=NNC(=O)OC2)cc1C(F)(F)F. The van der Waals surface area contributed by atoms with Gasteiger partial charge in [-0.2, -0.15) is 18.3 Å². The lowest BCUT2D eigenvalue weighted by Crippen LogP contribution is -2.42. The fourth-order valence-electron chi connectivity index (χ4n) is 3.15. The monoisotopic (exact) mass is 370 g/mol. The van der Waals surface area contributed by atoms with Gasteiger partial charge in [0, 0.05) is 24.8 Å². The molecule has 10 heteroatoms. The van der Waals surface area contributed by atoms with Gasteiger partial charge in [-0.15, -0.1) is 0 Å². The Bertz CT molecular complexity index is 764. The highest BCUT2D eigenvalue weighted by molar-refractivity contribution is 6.04. The van der Waals surface area contributed by atoms with E-state index in [1.54, 1.807) is 0 Å². The quantitative estimate of drug-likeness (QED) is 0.851. The summed E-state index contributed by atoms with van der Waals surface area (Å²) in [6.45, 7) is 0.147. The summed E-state index contributed by atoms with van der Waals surface area (Å²) in [6, 6.07) is 3.14. The van der Waals surface area contributed by atoms with Crippen LogP contribution in [0.2, 0.25) is 0 Å². The molecule has 1 atom stereocenters. The normalized spacial score (nSPS) is 20.3. The molecule has 0 radical (unpaired) electrons. The smallest absolute Gasteiger partial charge is 0.428 e. The van der Waals surface area contributed by atoms with Gasteiger partial charge in [0.25, 0.3) is 0 Å². The van der Waals surface area contributed by atoms with E-state index in [-0.39, 0.29) is 29.5 Å². The fraction of sp³-hybridized carbons (Fsp3) is 0.438. The lowest BCUT2D eigenvalue weighted by molar-refractivity contribution is -0.137. The van der Waals surface area contributed by atoms with Crippen molar-refractivity contribution >= 4 is 23.4 Å².